The maximum absolute atomic E-state index is 13.2. The van der Waals surface area contributed by atoms with E-state index in [9.17, 15) is 13.6 Å². The molecule has 16 heavy (non-hydrogen) atoms. The van der Waals surface area contributed by atoms with Crippen LogP contribution in [0.2, 0.25) is 0 Å². The molecule has 5 heteroatoms. The normalized spacial score (nSPS) is 11.5. The van der Waals surface area contributed by atoms with Gasteiger partial charge in [0.25, 0.3) is 0 Å². The lowest BCUT2D eigenvalue weighted by atomic mass is 10.0. The molecule has 0 unspecified atom stereocenters. The predicted molar refractivity (Wildman–Crippen MR) is 56.5 cm³/mol. The van der Waals surface area contributed by atoms with Crippen molar-refractivity contribution in [3.63, 3.8) is 0 Å². The van der Waals surface area contributed by atoms with Crippen molar-refractivity contribution in [3.05, 3.63) is 35.4 Å². The molecular formula is C11H14F2N2O. The predicted octanol–water partition coefficient (Wildman–Crippen LogP) is 1.32. The molecule has 0 heterocycles. The maximum atomic E-state index is 13.2. The number of hydrogen-bond donors (Lipinski definition) is 2. The molecule has 0 radical (unpaired) electrons. The molecule has 0 aliphatic carbocycles. The second-order valence-electron chi connectivity index (χ2n) is 4.04. The minimum Gasteiger partial charge on any atom is -0.368 e. The summed E-state index contributed by atoms with van der Waals surface area (Å²) in [6.07, 6.45) is 0. The first-order valence-electron chi connectivity index (χ1n) is 4.82. The number of carbonyl (C=O) groups is 1. The van der Waals surface area contributed by atoms with Crippen LogP contribution in [-0.4, -0.2) is 11.4 Å². The van der Waals surface area contributed by atoms with Gasteiger partial charge in [-0.15, -0.1) is 0 Å². The molecule has 1 aromatic rings. The third-order valence-electron chi connectivity index (χ3n) is 2.38. The van der Waals surface area contributed by atoms with E-state index in [-0.39, 0.29) is 12.1 Å². The van der Waals surface area contributed by atoms with Crippen molar-refractivity contribution in [3.8, 4) is 0 Å². The van der Waals surface area contributed by atoms with E-state index in [0.717, 1.165) is 12.1 Å². The second-order valence-corrected chi connectivity index (χ2v) is 4.04. The largest absolute Gasteiger partial charge is 0.368 e. The first-order valence-corrected chi connectivity index (χ1v) is 4.82. The fraction of sp³-hybridized carbons (Fsp3) is 0.364. The number of carbonyl (C=O) groups excluding carboxylic acids is 1. The third-order valence-corrected chi connectivity index (χ3v) is 2.38. The van der Waals surface area contributed by atoms with Crippen LogP contribution in [0, 0.1) is 11.6 Å². The quantitative estimate of drug-likeness (QED) is 0.816. The second kappa shape index (κ2) is 4.57. The van der Waals surface area contributed by atoms with Gasteiger partial charge < -0.3 is 5.73 Å². The van der Waals surface area contributed by atoms with E-state index in [4.69, 9.17) is 5.73 Å². The number of hydrogen-bond acceptors (Lipinski definition) is 2. The zero-order valence-electron chi connectivity index (χ0n) is 9.18. The van der Waals surface area contributed by atoms with E-state index in [2.05, 4.69) is 5.32 Å². The van der Waals surface area contributed by atoms with Gasteiger partial charge >= 0.3 is 0 Å². The lowest BCUT2D eigenvalue weighted by Gasteiger charge is -2.22. The molecular weight excluding hydrogens is 214 g/mol. The molecule has 0 saturated heterocycles. The van der Waals surface area contributed by atoms with Gasteiger partial charge in [-0.3, -0.25) is 10.1 Å². The van der Waals surface area contributed by atoms with Gasteiger partial charge in [-0.2, -0.15) is 0 Å². The highest BCUT2D eigenvalue weighted by molar-refractivity contribution is 5.83. The third kappa shape index (κ3) is 2.76. The van der Waals surface area contributed by atoms with E-state index >= 15 is 0 Å². The van der Waals surface area contributed by atoms with Crippen LogP contribution in [0.1, 0.15) is 19.4 Å². The van der Waals surface area contributed by atoms with Crippen LogP contribution in [0.4, 0.5) is 8.78 Å². The molecule has 0 aliphatic heterocycles. The van der Waals surface area contributed by atoms with Gasteiger partial charge in [0.05, 0.1) is 5.54 Å². The molecule has 3 nitrogen and oxygen atoms in total. The Bertz CT molecular complexity index is 385. The average molecular weight is 228 g/mol. The number of nitrogens with two attached hydrogens (primary N) is 1. The molecule has 0 fully saturated rings. The molecule has 0 saturated carbocycles. The molecule has 3 N–H and O–H groups in total. The number of amides is 1. The smallest absolute Gasteiger partial charge is 0.237 e. The van der Waals surface area contributed by atoms with E-state index < -0.39 is 23.1 Å². The van der Waals surface area contributed by atoms with E-state index in [1.165, 1.54) is 6.07 Å². The maximum Gasteiger partial charge on any atom is 0.237 e. The van der Waals surface area contributed by atoms with E-state index in [1.54, 1.807) is 13.8 Å². The van der Waals surface area contributed by atoms with Crippen LogP contribution in [-0.2, 0) is 11.3 Å². The van der Waals surface area contributed by atoms with Gasteiger partial charge in [0.15, 0.2) is 0 Å². The van der Waals surface area contributed by atoms with Gasteiger partial charge in [-0.1, -0.05) is 6.07 Å². The monoisotopic (exact) mass is 228 g/mol. The molecule has 1 rings (SSSR count). The van der Waals surface area contributed by atoms with E-state index in [0.29, 0.717) is 0 Å². The molecule has 0 spiro atoms. The summed E-state index contributed by atoms with van der Waals surface area (Å²) in [7, 11) is 0. The van der Waals surface area contributed by atoms with Crippen molar-refractivity contribution in [2.75, 3.05) is 0 Å². The summed E-state index contributed by atoms with van der Waals surface area (Å²) in [6.45, 7) is 3.01. The number of rotatable bonds is 4. The zero-order chi connectivity index (χ0) is 12.3. The van der Waals surface area contributed by atoms with Gasteiger partial charge in [-0.05, 0) is 26.0 Å². The van der Waals surface area contributed by atoms with Crippen molar-refractivity contribution < 1.29 is 13.6 Å². The Balaban J connectivity index is 2.79. The highest BCUT2D eigenvalue weighted by Crippen LogP contribution is 2.13. The Morgan fingerprint density at radius 1 is 1.38 bits per heavy atom. The lowest BCUT2D eigenvalue weighted by Crippen LogP contribution is -2.50. The zero-order valence-corrected chi connectivity index (χ0v) is 9.18. The summed E-state index contributed by atoms with van der Waals surface area (Å²) in [5, 5.41) is 2.70. The summed E-state index contributed by atoms with van der Waals surface area (Å²) in [4.78, 5) is 11.0. The highest BCUT2D eigenvalue weighted by atomic mass is 19.1. The topological polar surface area (TPSA) is 55.1 Å². The van der Waals surface area contributed by atoms with Crippen LogP contribution in [0.3, 0.4) is 0 Å². The number of benzene rings is 1. The fourth-order valence-electron chi connectivity index (χ4n) is 1.10. The summed E-state index contributed by atoms with van der Waals surface area (Å²) >= 11 is 0. The Kier molecular flexibility index (Phi) is 3.59. The Labute approximate surface area is 92.6 Å². The Morgan fingerprint density at radius 3 is 2.31 bits per heavy atom. The van der Waals surface area contributed by atoms with Gasteiger partial charge in [0, 0.05) is 12.1 Å². The fourth-order valence-corrected chi connectivity index (χ4v) is 1.10. The molecule has 0 aliphatic rings. The van der Waals surface area contributed by atoms with Crippen LogP contribution in [0.25, 0.3) is 0 Å². The summed E-state index contributed by atoms with van der Waals surface area (Å²) in [6, 6.07) is 3.61. The first-order chi connectivity index (χ1) is 7.34. The van der Waals surface area contributed by atoms with Crippen molar-refractivity contribution in [1.82, 2.24) is 5.32 Å². The van der Waals surface area contributed by atoms with Crippen LogP contribution in [0.15, 0.2) is 18.2 Å². The summed E-state index contributed by atoms with van der Waals surface area (Å²) in [5.41, 5.74) is 4.02. The average Bonchev–Trinajstić information content (AvgIpc) is 2.16. The van der Waals surface area contributed by atoms with Crippen LogP contribution >= 0.6 is 0 Å². The summed E-state index contributed by atoms with van der Waals surface area (Å²) < 4.78 is 26.5. The highest BCUT2D eigenvalue weighted by Gasteiger charge is 2.24. The first kappa shape index (κ1) is 12.6. The lowest BCUT2D eigenvalue weighted by molar-refractivity contribution is -0.123. The molecule has 0 atom stereocenters. The van der Waals surface area contributed by atoms with Gasteiger partial charge in [0.2, 0.25) is 5.91 Å². The molecule has 0 aromatic heterocycles. The standard InChI is InChI=1S/C11H14F2N2O/c1-11(2,10(14)16)15-6-7-8(12)4-3-5-9(7)13/h3-5,15H,6H2,1-2H3,(H2,14,16). The number of nitrogens with one attached hydrogen (secondary N) is 1. The Hall–Kier alpha value is -1.49. The number of primary amides is 1. The van der Waals surface area contributed by atoms with Crippen molar-refractivity contribution >= 4 is 5.91 Å². The van der Waals surface area contributed by atoms with Crippen molar-refractivity contribution in [2.45, 2.75) is 25.9 Å². The SMILES string of the molecule is CC(C)(NCc1c(F)cccc1F)C(N)=O. The molecule has 1 aromatic carbocycles. The minimum absolute atomic E-state index is 0.0888. The molecule has 88 valence electrons. The summed E-state index contributed by atoms with van der Waals surface area (Å²) in [5.74, 6) is -1.87. The van der Waals surface area contributed by atoms with Crippen molar-refractivity contribution in [1.29, 1.82) is 0 Å². The molecule has 1 amide bonds. The number of halogens is 2. The van der Waals surface area contributed by atoms with Gasteiger partial charge in [0.1, 0.15) is 11.6 Å². The molecule has 0 bridgehead atoms. The van der Waals surface area contributed by atoms with Crippen LogP contribution in [0.5, 0.6) is 0 Å². The van der Waals surface area contributed by atoms with Crippen LogP contribution < -0.4 is 11.1 Å². The van der Waals surface area contributed by atoms with Gasteiger partial charge in [-0.25, -0.2) is 8.78 Å². The minimum atomic E-state index is -1.01. The Morgan fingerprint density at radius 2 is 1.88 bits per heavy atom. The van der Waals surface area contributed by atoms with Crippen molar-refractivity contribution in [2.24, 2.45) is 5.73 Å². The van der Waals surface area contributed by atoms with E-state index in [1.807, 2.05) is 0 Å².